The van der Waals surface area contributed by atoms with E-state index in [1.165, 1.54) is 12.1 Å². The Morgan fingerprint density at radius 3 is 2.37 bits per heavy atom. The van der Waals surface area contributed by atoms with E-state index < -0.39 is 32.0 Å². The molecule has 4 N–H and O–H groups in total. The summed E-state index contributed by atoms with van der Waals surface area (Å²) in [5.41, 5.74) is -0.469. The number of aromatic nitrogens is 1. The first-order chi connectivity index (χ1) is 17.8. The molecule has 0 bridgehead atoms. The first kappa shape index (κ1) is 30.1. The molecule has 3 heterocycles. The highest BCUT2D eigenvalue weighted by Gasteiger charge is 2.42. The first-order valence-corrected chi connectivity index (χ1v) is 13.3. The summed E-state index contributed by atoms with van der Waals surface area (Å²) in [6.45, 7) is 1.87. The summed E-state index contributed by atoms with van der Waals surface area (Å²) in [5.74, 6) is -0.437. The summed E-state index contributed by atoms with van der Waals surface area (Å²) in [6, 6.07) is 4.54. The van der Waals surface area contributed by atoms with Crippen LogP contribution in [0.2, 0.25) is 0 Å². The predicted molar refractivity (Wildman–Crippen MR) is 125 cm³/mol. The number of carboxylic acid groups (broad SMARTS) is 1. The van der Waals surface area contributed by atoms with Crippen molar-refractivity contribution in [2.75, 3.05) is 46.1 Å². The van der Waals surface area contributed by atoms with Crippen molar-refractivity contribution in [2.24, 2.45) is 11.3 Å². The van der Waals surface area contributed by atoms with Crippen molar-refractivity contribution in [3.8, 4) is 11.6 Å². The highest BCUT2D eigenvalue weighted by atomic mass is 31.2. The number of carbonyl (C=O) groups is 1. The number of fused-ring (bicyclic) bond motifs is 1. The summed E-state index contributed by atoms with van der Waals surface area (Å²) < 4.78 is 67.9. The maximum Gasteiger partial charge on any atom is 0.466 e. The maximum atomic E-state index is 12.6. The van der Waals surface area contributed by atoms with Crippen LogP contribution >= 0.6 is 7.82 Å². The van der Waals surface area contributed by atoms with Crippen molar-refractivity contribution >= 4 is 24.8 Å². The fourth-order valence-corrected chi connectivity index (χ4v) is 4.45. The van der Waals surface area contributed by atoms with E-state index in [1.54, 1.807) is 6.07 Å². The van der Waals surface area contributed by atoms with Gasteiger partial charge in [-0.1, -0.05) is 6.07 Å². The highest BCUT2D eigenvalue weighted by molar-refractivity contribution is 7.45. The van der Waals surface area contributed by atoms with Gasteiger partial charge < -0.3 is 43.4 Å². The molecule has 0 unspecified atom stereocenters. The average Bonchev–Trinajstić information content (AvgIpc) is 3.25. The Kier molecular flexibility index (Phi) is 10.0. The van der Waals surface area contributed by atoms with Gasteiger partial charge in [-0.15, -0.1) is 0 Å². The maximum absolute atomic E-state index is 12.6. The second-order valence-electron chi connectivity index (χ2n) is 9.26. The van der Waals surface area contributed by atoms with Gasteiger partial charge in [0.1, 0.15) is 11.1 Å². The molecular formula is C22H30F3N2O10P. The summed E-state index contributed by atoms with van der Waals surface area (Å²) in [4.78, 5) is 35.6. The second-order valence-corrected chi connectivity index (χ2v) is 10.3. The fraction of sp³-hybridized carbons (Fsp3) is 0.636. The van der Waals surface area contributed by atoms with Crippen molar-refractivity contribution in [3.05, 3.63) is 18.2 Å². The van der Waals surface area contributed by atoms with Gasteiger partial charge in [0.2, 0.25) is 0 Å². The molecule has 2 aromatic rings. The molecule has 2 saturated heterocycles. The second kappa shape index (κ2) is 12.6. The molecule has 0 spiro atoms. The molecule has 2 fully saturated rings. The van der Waals surface area contributed by atoms with Crippen LogP contribution in [0, 0.1) is 11.3 Å². The van der Waals surface area contributed by atoms with Crippen LogP contribution in [-0.4, -0.2) is 88.1 Å². The number of ether oxygens (including phenoxy) is 3. The van der Waals surface area contributed by atoms with Gasteiger partial charge >= 0.3 is 20.0 Å². The van der Waals surface area contributed by atoms with Crippen molar-refractivity contribution in [1.82, 2.24) is 10.1 Å². The number of benzene rings is 1. The van der Waals surface area contributed by atoms with Crippen LogP contribution in [0.1, 0.15) is 25.7 Å². The third-order valence-electron chi connectivity index (χ3n) is 6.41. The minimum Gasteiger partial charge on any atom is -0.483 e. The molecule has 0 amide bonds. The molecule has 1 aromatic heterocycles. The lowest BCUT2D eigenvalue weighted by molar-refractivity contribution is -0.157. The van der Waals surface area contributed by atoms with E-state index >= 15 is 0 Å². The lowest BCUT2D eigenvalue weighted by Crippen LogP contribution is -2.49. The van der Waals surface area contributed by atoms with Gasteiger partial charge in [-0.25, -0.2) is 4.57 Å². The molecule has 0 saturated carbocycles. The first-order valence-electron chi connectivity index (χ1n) is 11.8. The smallest absolute Gasteiger partial charge is 0.466 e. The Bertz CT molecular complexity index is 1100. The third-order valence-corrected chi connectivity index (χ3v) is 6.41. The van der Waals surface area contributed by atoms with Gasteiger partial charge in [0.15, 0.2) is 12.2 Å². The van der Waals surface area contributed by atoms with E-state index in [1.807, 2.05) is 0 Å². The largest absolute Gasteiger partial charge is 0.483 e. The zero-order chi connectivity index (χ0) is 28.0. The molecule has 12 nitrogen and oxygen atoms in total. The minimum absolute atomic E-state index is 0.00586. The number of likely N-dealkylation sites (tertiary alicyclic amines) is 1. The number of phosphoric acid groups is 1. The number of halogens is 3. The number of aliphatic carboxylic acids is 1. The number of alkyl halides is 3. The topological polar surface area (TPSA) is 172 Å². The van der Waals surface area contributed by atoms with Gasteiger partial charge in [0.25, 0.3) is 5.88 Å². The van der Waals surface area contributed by atoms with E-state index in [0.717, 1.165) is 25.9 Å². The molecule has 0 atom stereocenters. The number of piperidine rings is 1. The molecule has 2 aliphatic heterocycles. The SMILES string of the molecule is O=C(O)C1(CN2CCC(COc3noc4cccc(OCC(F)(F)F)c34)CC2)CCOCC1.O=P(O)(O)O. The minimum atomic E-state index is -4.64. The molecular weight excluding hydrogens is 540 g/mol. The molecule has 1 aromatic carbocycles. The Hall–Kier alpha value is -2.42. The van der Waals surface area contributed by atoms with Crippen LogP contribution < -0.4 is 9.47 Å². The van der Waals surface area contributed by atoms with E-state index in [0.29, 0.717) is 39.2 Å². The van der Waals surface area contributed by atoms with Crippen LogP contribution in [0.3, 0.4) is 0 Å². The normalized spacial score (nSPS) is 19.0. The lowest BCUT2D eigenvalue weighted by atomic mass is 9.79. The van der Waals surface area contributed by atoms with E-state index in [9.17, 15) is 23.1 Å². The summed E-state index contributed by atoms with van der Waals surface area (Å²) in [5, 5.41) is 13.9. The Balaban J connectivity index is 0.000000732. The standard InChI is InChI=1S/C22H27F3N2O6.H3O4P/c23-22(24,25)14-32-16-2-1-3-17-18(16)19(26-33-17)31-12-15-4-8-27(9-5-15)13-21(20(28)29)6-10-30-11-7-21;1-5(2,3)4/h1-3,15H,4-14H2,(H,28,29);(H3,1,2,3,4). The van der Waals surface area contributed by atoms with Crippen molar-refractivity contribution < 1.29 is 61.1 Å². The molecule has 0 aliphatic carbocycles. The quantitative estimate of drug-likeness (QED) is 0.343. The van der Waals surface area contributed by atoms with Gasteiger partial charge in [0, 0.05) is 19.8 Å². The molecule has 38 heavy (non-hydrogen) atoms. The monoisotopic (exact) mass is 570 g/mol. The molecule has 2 aliphatic rings. The van der Waals surface area contributed by atoms with Gasteiger partial charge in [-0.2, -0.15) is 13.2 Å². The Morgan fingerprint density at radius 2 is 1.79 bits per heavy atom. The van der Waals surface area contributed by atoms with Crippen LogP contribution in [0.15, 0.2) is 22.7 Å². The van der Waals surface area contributed by atoms with Crippen LogP contribution in [0.25, 0.3) is 11.0 Å². The zero-order valence-corrected chi connectivity index (χ0v) is 21.2. The number of carboxylic acids is 1. The molecule has 16 heteroatoms. The van der Waals surface area contributed by atoms with E-state index in [4.69, 9.17) is 38.0 Å². The predicted octanol–water partition coefficient (Wildman–Crippen LogP) is 2.81. The van der Waals surface area contributed by atoms with Crippen LogP contribution in [-0.2, 0) is 14.1 Å². The average molecular weight is 570 g/mol. The van der Waals surface area contributed by atoms with Crippen molar-refractivity contribution in [2.45, 2.75) is 31.9 Å². The number of nitrogens with zero attached hydrogens (tertiary/aromatic N) is 2. The fourth-order valence-electron chi connectivity index (χ4n) is 4.45. The Morgan fingerprint density at radius 1 is 1.16 bits per heavy atom. The number of hydrogen-bond donors (Lipinski definition) is 4. The van der Waals surface area contributed by atoms with Crippen LogP contribution in [0.4, 0.5) is 13.2 Å². The van der Waals surface area contributed by atoms with Gasteiger partial charge in [-0.3, -0.25) is 4.79 Å². The molecule has 214 valence electrons. The van der Waals surface area contributed by atoms with Crippen LogP contribution in [0.5, 0.6) is 11.6 Å². The van der Waals surface area contributed by atoms with Crippen molar-refractivity contribution in [3.63, 3.8) is 0 Å². The summed E-state index contributed by atoms with van der Waals surface area (Å²) in [7, 11) is -4.64. The summed E-state index contributed by atoms with van der Waals surface area (Å²) in [6.07, 6.45) is -1.79. The highest BCUT2D eigenvalue weighted by Crippen LogP contribution is 2.36. The lowest BCUT2D eigenvalue weighted by Gasteiger charge is -2.40. The number of rotatable bonds is 8. The van der Waals surface area contributed by atoms with E-state index in [2.05, 4.69) is 10.1 Å². The van der Waals surface area contributed by atoms with E-state index in [-0.39, 0.29) is 28.5 Å². The zero-order valence-electron chi connectivity index (χ0n) is 20.3. The van der Waals surface area contributed by atoms with Crippen molar-refractivity contribution in [1.29, 1.82) is 0 Å². The van der Waals surface area contributed by atoms with Gasteiger partial charge in [0.05, 0.1) is 12.0 Å². The molecule has 0 radical (unpaired) electrons. The molecule has 4 rings (SSSR count). The third kappa shape index (κ3) is 9.10. The summed E-state index contributed by atoms with van der Waals surface area (Å²) >= 11 is 0. The Labute approximate surface area is 215 Å². The van der Waals surface area contributed by atoms with Gasteiger partial charge in [-0.05, 0) is 62.0 Å². The number of hydrogen-bond acceptors (Lipinski definition) is 8.